The first-order valence-electron chi connectivity index (χ1n) is 8.10. The van der Waals surface area contributed by atoms with Gasteiger partial charge >= 0.3 is 0 Å². The minimum Gasteiger partial charge on any atom is -0.352 e. The molecule has 0 unspecified atom stereocenters. The first-order chi connectivity index (χ1) is 11.7. The van der Waals surface area contributed by atoms with Gasteiger partial charge in [0.2, 0.25) is 11.8 Å². The number of carbonyl (C=O) groups is 2. The highest BCUT2D eigenvalue weighted by molar-refractivity contribution is 7.07. The Morgan fingerprint density at radius 3 is 2.75 bits per heavy atom. The van der Waals surface area contributed by atoms with Crippen molar-refractivity contribution in [2.45, 2.75) is 19.3 Å². The molecule has 1 saturated heterocycles. The number of hydrogen-bond donors (Lipinski definition) is 1. The van der Waals surface area contributed by atoms with Gasteiger partial charge in [-0.2, -0.15) is 11.3 Å². The summed E-state index contributed by atoms with van der Waals surface area (Å²) >= 11 is 1.67. The minimum atomic E-state index is -0.0935. The van der Waals surface area contributed by atoms with Crippen LogP contribution in [0.15, 0.2) is 47.2 Å². The summed E-state index contributed by atoms with van der Waals surface area (Å²) in [5.74, 6) is 0.0901. The van der Waals surface area contributed by atoms with Gasteiger partial charge in [-0.25, -0.2) is 0 Å². The molecule has 0 aliphatic carbocycles. The van der Waals surface area contributed by atoms with E-state index >= 15 is 0 Å². The summed E-state index contributed by atoms with van der Waals surface area (Å²) in [5.41, 5.74) is 3.12. The maximum absolute atomic E-state index is 11.8. The van der Waals surface area contributed by atoms with Gasteiger partial charge in [0.25, 0.3) is 0 Å². The molecular weight excluding hydrogens is 320 g/mol. The molecule has 3 rings (SSSR count). The standard InChI is InChI=1S/C19H20N2O2S/c22-18(20-11-9-16-10-13-24-14-16)8-5-15-3-6-17(7-4-15)21-12-1-2-19(21)23/h3-8,10,13-14H,1-2,9,11-12H2,(H,20,22)/b8-5+. The van der Waals surface area contributed by atoms with E-state index in [2.05, 4.69) is 16.8 Å². The fourth-order valence-electron chi connectivity index (χ4n) is 2.68. The van der Waals surface area contributed by atoms with E-state index in [4.69, 9.17) is 0 Å². The van der Waals surface area contributed by atoms with E-state index in [1.807, 2.05) is 34.5 Å². The molecule has 2 aromatic rings. The van der Waals surface area contributed by atoms with Gasteiger partial charge in [0, 0.05) is 31.3 Å². The number of anilines is 1. The highest BCUT2D eigenvalue weighted by Gasteiger charge is 2.21. The third kappa shape index (κ3) is 4.32. The Morgan fingerprint density at radius 1 is 1.25 bits per heavy atom. The summed E-state index contributed by atoms with van der Waals surface area (Å²) in [4.78, 5) is 25.3. The lowest BCUT2D eigenvalue weighted by Gasteiger charge is -2.15. The smallest absolute Gasteiger partial charge is 0.244 e. The Bertz CT molecular complexity index is 720. The fraction of sp³-hybridized carbons (Fsp3) is 0.263. The van der Waals surface area contributed by atoms with E-state index in [0.29, 0.717) is 13.0 Å². The maximum atomic E-state index is 11.8. The Labute approximate surface area is 145 Å². The molecule has 1 fully saturated rings. The van der Waals surface area contributed by atoms with Crippen molar-refractivity contribution in [2.24, 2.45) is 0 Å². The third-order valence-electron chi connectivity index (χ3n) is 4.00. The number of benzene rings is 1. The van der Waals surface area contributed by atoms with Crippen LogP contribution < -0.4 is 10.2 Å². The van der Waals surface area contributed by atoms with Gasteiger partial charge in [-0.15, -0.1) is 0 Å². The van der Waals surface area contributed by atoms with Gasteiger partial charge in [-0.1, -0.05) is 12.1 Å². The normalized spacial score (nSPS) is 14.5. The topological polar surface area (TPSA) is 49.4 Å². The number of thiophene rings is 1. The summed E-state index contributed by atoms with van der Waals surface area (Å²) in [6.07, 6.45) is 5.74. The zero-order valence-corrected chi connectivity index (χ0v) is 14.2. The minimum absolute atomic E-state index is 0.0935. The lowest BCUT2D eigenvalue weighted by molar-refractivity contribution is -0.117. The molecule has 2 heterocycles. The van der Waals surface area contributed by atoms with Gasteiger partial charge in [-0.05, 0) is 59.0 Å². The van der Waals surface area contributed by atoms with E-state index < -0.39 is 0 Å². The third-order valence-corrected chi connectivity index (χ3v) is 4.73. The SMILES string of the molecule is O=C(/C=C/c1ccc(N2CCCC2=O)cc1)NCCc1ccsc1. The van der Waals surface area contributed by atoms with Crippen LogP contribution in [0.5, 0.6) is 0 Å². The summed E-state index contributed by atoms with van der Waals surface area (Å²) in [6.45, 7) is 1.43. The van der Waals surface area contributed by atoms with Gasteiger partial charge in [-0.3, -0.25) is 9.59 Å². The molecule has 0 saturated carbocycles. The number of nitrogens with one attached hydrogen (secondary N) is 1. The van der Waals surface area contributed by atoms with Crippen molar-refractivity contribution in [2.75, 3.05) is 18.0 Å². The van der Waals surface area contributed by atoms with Crippen LogP contribution in [-0.4, -0.2) is 24.9 Å². The average molecular weight is 340 g/mol. The number of nitrogens with zero attached hydrogens (tertiary/aromatic N) is 1. The number of hydrogen-bond acceptors (Lipinski definition) is 3. The molecular formula is C19H20N2O2S. The average Bonchev–Trinajstić information content (AvgIpc) is 3.25. The van der Waals surface area contributed by atoms with Crippen molar-refractivity contribution in [3.05, 3.63) is 58.3 Å². The molecule has 1 aromatic carbocycles. The molecule has 0 radical (unpaired) electrons. The lowest BCUT2D eigenvalue weighted by Crippen LogP contribution is -2.23. The summed E-state index contributed by atoms with van der Waals surface area (Å²) < 4.78 is 0. The summed E-state index contributed by atoms with van der Waals surface area (Å²) in [7, 11) is 0. The molecule has 1 aliphatic heterocycles. The van der Waals surface area contributed by atoms with Crippen LogP contribution in [0.1, 0.15) is 24.0 Å². The molecule has 0 spiro atoms. The summed E-state index contributed by atoms with van der Waals surface area (Å²) in [6, 6.07) is 9.78. The Kier molecular flexibility index (Phi) is 5.43. The van der Waals surface area contributed by atoms with E-state index in [-0.39, 0.29) is 11.8 Å². The molecule has 5 heteroatoms. The highest BCUT2D eigenvalue weighted by atomic mass is 32.1. The zero-order chi connectivity index (χ0) is 16.8. The van der Waals surface area contributed by atoms with Gasteiger partial charge in [0.05, 0.1) is 0 Å². The fourth-order valence-corrected chi connectivity index (χ4v) is 3.39. The Balaban J connectivity index is 1.48. The molecule has 1 aromatic heterocycles. The van der Waals surface area contributed by atoms with Crippen LogP contribution in [0.2, 0.25) is 0 Å². The van der Waals surface area contributed by atoms with Crippen LogP contribution in [0.25, 0.3) is 6.08 Å². The lowest BCUT2D eigenvalue weighted by atomic mass is 10.2. The summed E-state index contributed by atoms with van der Waals surface area (Å²) in [5, 5.41) is 7.01. The molecule has 4 nitrogen and oxygen atoms in total. The number of carbonyl (C=O) groups excluding carboxylic acids is 2. The molecule has 24 heavy (non-hydrogen) atoms. The predicted molar refractivity (Wildman–Crippen MR) is 98.1 cm³/mol. The van der Waals surface area contributed by atoms with E-state index in [1.165, 1.54) is 5.56 Å². The molecule has 1 N–H and O–H groups in total. The van der Waals surface area contributed by atoms with Crippen molar-refractivity contribution >= 4 is 34.9 Å². The Hall–Kier alpha value is -2.40. The number of amides is 2. The van der Waals surface area contributed by atoms with E-state index in [1.54, 1.807) is 23.5 Å². The number of rotatable bonds is 6. The van der Waals surface area contributed by atoms with Gasteiger partial charge in [0.15, 0.2) is 0 Å². The maximum Gasteiger partial charge on any atom is 0.244 e. The van der Waals surface area contributed by atoms with Crippen molar-refractivity contribution in [3.8, 4) is 0 Å². The quantitative estimate of drug-likeness (QED) is 0.821. The second kappa shape index (κ2) is 7.93. The van der Waals surface area contributed by atoms with E-state index in [0.717, 1.165) is 30.6 Å². The largest absolute Gasteiger partial charge is 0.352 e. The molecule has 2 amide bonds. The molecule has 0 bridgehead atoms. The molecule has 1 aliphatic rings. The molecule has 0 atom stereocenters. The Morgan fingerprint density at radius 2 is 2.08 bits per heavy atom. The van der Waals surface area contributed by atoms with Crippen LogP contribution in [0, 0.1) is 0 Å². The zero-order valence-electron chi connectivity index (χ0n) is 13.4. The van der Waals surface area contributed by atoms with Crippen LogP contribution in [0.3, 0.4) is 0 Å². The van der Waals surface area contributed by atoms with Crippen molar-refractivity contribution in [3.63, 3.8) is 0 Å². The molecule has 124 valence electrons. The highest BCUT2D eigenvalue weighted by Crippen LogP contribution is 2.21. The van der Waals surface area contributed by atoms with Gasteiger partial charge in [0.1, 0.15) is 0 Å². The van der Waals surface area contributed by atoms with Gasteiger partial charge < -0.3 is 10.2 Å². The predicted octanol–water partition coefficient (Wildman–Crippen LogP) is 3.25. The van der Waals surface area contributed by atoms with Crippen molar-refractivity contribution in [1.29, 1.82) is 0 Å². The van der Waals surface area contributed by atoms with Crippen LogP contribution in [0.4, 0.5) is 5.69 Å². The van der Waals surface area contributed by atoms with Crippen molar-refractivity contribution < 1.29 is 9.59 Å². The second-order valence-electron chi connectivity index (χ2n) is 5.75. The monoisotopic (exact) mass is 340 g/mol. The van der Waals surface area contributed by atoms with Crippen molar-refractivity contribution in [1.82, 2.24) is 5.32 Å². The second-order valence-corrected chi connectivity index (χ2v) is 6.53. The first kappa shape index (κ1) is 16.5. The van der Waals surface area contributed by atoms with Crippen LogP contribution >= 0.6 is 11.3 Å². The van der Waals surface area contributed by atoms with Crippen LogP contribution in [-0.2, 0) is 16.0 Å². The van der Waals surface area contributed by atoms with E-state index in [9.17, 15) is 9.59 Å². The first-order valence-corrected chi connectivity index (χ1v) is 9.04.